The number of rotatable bonds is 6. The van der Waals surface area contributed by atoms with Gasteiger partial charge in [-0.1, -0.05) is 41.9 Å². The number of aromatic nitrogens is 1. The van der Waals surface area contributed by atoms with Gasteiger partial charge in [-0.3, -0.25) is 9.69 Å². The van der Waals surface area contributed by atoms with Crippen molar-refractivity contribution in [3.63, 3.8) is 0 Å². The second-order valence-electron chi connectivity index (χ2n) is 9.10. The van der Waals surface area contributed by atoms with Crippen molar-refractivity contribution >= 4 is 28.6 Å². The highest BCUT2D eigenvalue weighted by atomic mass is 35.5. The Morgan fingerprint density at radius 1 is 1.03 bits per heavy atom. The minimum Gasteiger partial charge on any atom is -0.439 e. The van der Waals surface area contributed by atoms with Crippen LogP contribution in [0, 0.1) is 12.7 Å². The number of piperazine rings is 1. The zero-order chi connectivity index (χ0) is 24.4. The molecule has 5 rings (SSSR count). The van der Waals surface area contributed by atoms with Gasteiger partial charge in [-0.25, -0.2) is 9.37 Å². The number of hydrogen-bond donors (Lipinski definition) is 0. The van der Waals surface area contributed by atoms with Crippen LogP contribution in [0.25, 0.3) is 11.1 Å². The second kappa shape index (κ2) is 10.2. The maximum atomic E-state index is 14.0. The van der Waals surface area contributed by atoms with Crippen LogP contribution in [-0.4, -0.2) is 46.9 Å². The molecule has 1 saturated heterocycles. The maximum absolute atomic E-state index is 14.0. The minimum absolute atomic E-state index is 0.0613. The van der Waals surface area contributed by atoms with Crippen molar-refractivity contribution < 1.29 is 13.6 Å². The molecule has 0 saturated carbocycles. The summed E-state index contributed by atoms with van der Waals surface area (Å²) in [7, 11) is 0. The third kappa shape index (κ3) is 5.55. The lowest BCUT2D eigenvalue weighted by molar-refractivity contribution is -0.133. The van der Waals surface area contributed by atoms with E-state index >= 15 is 0 Å². The predicted molar refractivity (Wildman–Crippen MR) is 135 cm³/mol. The van der Waals surface area contributed by atoms with Crippen LogP contribution in [-0.2, 0) is 11.3 Å². The van der Waals surface area contributed by atoms with Gasteiger partial charge in [0.25, 0.3) is 0 Å². The van der Waals surface area contributed by atoms with Crippen molar-refractivity contribution in [2.24, 2.45) is 0 Å². The number of nitrogens with zero attached hydrogens (tertiary/aromatic N) is 3. The number of carbonyl (C=O) groups is 1. The molecule has 1 amide bonds. The molecule has 1 aliphatic rings. The van der Waals surface area contributed by atoms with Crippen molar-refractivity contribution in [1.82, 2.24) is 14.8 Å². The van der Waals surface area contributed by atoms with E-state index in [1.807, 2.05) is 48.2 Å². The quantitative estimate of drug-likeness (QED) is 0.342. The third-order valence-electron chi connectivity index (χ3n) is 6.57. The van der Waals surface area contributed by atoms with E-state index in [-0.39, 0.29) is 24.1 Å². The second-order valence-corrected chi connectivity index (χ2v) is 9.54. The highest BCUT2D eigenvalue weighted by Gasteiger charge is 2.26. The van der Waals surface area contributed by atoms with Crippen molar-refractivity contribution in [2.45, 2.75) is 25.8 Å². The van der Waals surface area contributed by atoms with Crippen LogP contribution in [0.15, 0.2) is 71.1 Å². The Kier molecular flexibility index (Phi) is 6.84. The van der Waals surface area contributed by atoms with Crippen LogP contribution in [0.4, 0.5) is 4.39 Å². The first-order chi connectivity index (χ1) is 16.9. The molecule has 0 N–H and O–H groups in total. The Bertz CT molecular complexity index is 1330. The molecule has 2 heterocycles. The van der Waals surface area contributed by atoms with Gasteiger partial charge in [0, 0.05) is 43.5 Å². The smallest absolute Gasteiger partial charge is 0.223 e. The van der Waals surface area contributed by atoms with Crippen LogP contribution in [0.5, 0.6) is 0 Å². The number of fused-ring (bicyclic) bond motifs is 1. The largest absolute Gasteiger partial charge is 0.439 e. The topological polar surface area (TPSA) is 49.6 Å². The number of amides is 1. The molecule has 4 aromatic rings. The summed E-state index contributed by atoms with van der Waals surface area (Å²) >= 11 is 6.07. The first kappa shape index (κ1) is 23.5. The molecule has 0 aliphatic carbocycles. The van der Waals surface area contributed by atoms with Crippen LogP contribution in [0.2, 0.25) is 5.02 Å². The van der Waals surface area contributed by atoms with Crippen LogP contribution >= 0.6 is 11.6 Å². The Hall–Kier alpha value is -3.22. The summed E-state index contributed by atoms with van der Waals surface area (Å²) in [6, 6.07) is 19.9. The molecule has 35 heavy (non-hydrogen) atoms. The average molecular weight is 492 g/mol. The van der Waals surface area contributed by atoms with E-state index in [1.54, 1.807) is 18.2 Å². The fraction of sp³-hybridized carbons (Fsp3) is 0.286. The van der Waals surface area contributed by atoms with Crippen molar-refractivity contribution in [3.05, 3.63) is 100 Å². The molecule has 3 aromatic carbocycles. The van der Waals surface area contributed by atoms with Gasteiger partial charge in [0.1, 0.15) is 11.3 Å². The summed E-state index contributed by atoms with van der Waals surface area (Å²) in [5.74, 6) is 0.207. The SMILES string of the molecule is Cc1ccc2nc(CN3CCN(C(=O)CC(c4ccc(Cl)cc4)c4cccc(F)c4)CC3)oc2c1. The monoisotopic (exact) mass is 491 g/mol. The fourth-order valence-corrected chi connectivity index (χ4v) is 4.77. The molecule has 1 atom stereocenters. The van der Waals surface area contributed by atoms with Gasteiger partial charge in [-0.05, 0) is 60.0 Å². The lowest BCUT2D eigenvalue weighted by Gasteiger charge is -2.35. The molecule has 5 nitrogen and oxygen atoms in total. The molecule has 0 bridgehead atoms. The minimum atomic E-state index is -0.308. The van der Waals surface area contributed by atoms with Gasteiger partial charge >= 0.3 is 0 Å². The summed E-state index contributed by atoms with van der Waals surface area (Å²) < 4.78 is 19.9. The van der Waals surface area contributed by atoms with Crippen molar-refractivity contribution in [3.8, 4) is 0 Å². The average Bonchev–Trinajstić information content (AvgIpc) is 3.25. The van der Waals surface area contributed by atoms with E-state index in [0.717, 1.165) is 40.9 Å². The number of oxazole rings is 1. The maximum Gasteiger partial charge on any atom is 0.223 e. The highest BCUT2D eigenvalue weighted by Crippen LogP contribution is 2.30. The molecule has 0 radical (unpaired) electrons. The molecule has 1 aromatic heterocycles. The molecule has 180 valence electrons. The number of halogens is 2. The van der Waals surface area contributed by atoms with E-state index in [0.29, 0.717) is 30.5 Å². The Balaban J connectivity index is 1.23. The zero-order valence-corrected chi connectivity index (χ0v) is 20.3. The fourth-order valence-electron chi connectivity index (χ4n) is 4.64. The summed E-state index contributed by atoms with van der Waals surface area (Å²) in [6.07, 6.45) is 0.273. The third-order valence-corrected chi connectivity index (χ3v) is 6.83. The van der Waals surface area contributed by atoms with Crippen LogP contribution < -0.4 is 0 Å². The van der Waals surface area contributed by atoms with Gasteiger partial charge < -0.3 is 9.32 Å². The lowest BCUT2D eigenvalue weighted by atomic mass is 9.88. The number of carbonyl (C=O) groups excluding carboxylic acids is 1. The standard InChI is InChI=1S/C28H27ClFN3O2/c1-19-5-10-25-26(15-19)35-27(31-25)18-32-11-13-33(14-12-32)28(34)17-24(20-6-8-22(29)9-7-20)21-3-2-4-23(30)16-21/h2-10,15-16,24H,11-14,17-18H2,1H3. The number of benzene rings is 3. The van der Waals surface area contributed by atoms with E-state index in [9.17, 15) is 9.18 Å². The van der Waals surface area contributed by atoms with E-state index in [2.05, 4.69) is 9.88 Å². The first-order valence-corrected chi connectivity index (χ1v) is 12.2. The van der Waals surface area contributed by atoms with Gasteiger partial charge in [-0.15, -0.1) is 0 Å². The van der Waals surface area contributed by atoms with Gasteiger partial charge in [-0.2, -0.15) is 0 Å². The normalized spacial score (nSPS) is 15.5. The Morgan fingerprint density at radius 3 is 2.54 bits per heavy atom. The molecule has 1 aliphatic heterocycles. The summed E-state index contributed by atoms with van der Waals surface area (Å²) in [5.41, 5.74) is 4.54. The molecule has 1 unspecified atom stereocenters. The summed E-state index contributed by atoms with van der Waals surface area (Å²) in [4.78, 5) is 22.0. The Labute approximate surface area is 209 Å². The highest BCUT2D eigenvalue weighted by molar-refractivity contribution is 6.30. The summed E-state index contributed by atoms with van der Waals surface area (Å²) in [5, 5.41) is 0.628. The molecular formula is C28H27ClFN3O2. The molecule has 7 heteroatoms. The first-order valence-electron chi connectivity index (χ1n) is 11.8. The van der Waals surface area contributed by atoms with Crippen LogP contribution in [0.1, 0.15) is 34.9 Å². The van der Waals surface area contributed by atoms with E-state index in [4.69, 9.17) is 16.0 Å². The van der Waals surface area contributed by atoms with E-state index in [1.165, 1.54) is 12.1 Å². The number of hydrogen-bond acceptors (Lipinski definition) is 4. The zero-order valence-electron chi connectivity index (χ0n) is 19.6. The van der Waals surface area contributed by atoms with Crippen molar-refractivity contribution in [2.75, 3.05) is 26.2 Å². The Morgan fingerprint density at radius 2 is 1.80 bits per heavy atom. The van der Waals surface area contributed by atoms with Crippen molar-refractivity contribution in [1.29, 1.82) is 0 Å². The lowest BCUT2D eigenvalue weighted by Crippen LogP contribution is -2.48. The molecule has 1 fully saturated rings. The van der Waals surface area contributed by atoms with Gasteiger partial charge in [0.15, 0.2) is 5.58 Å². The van der Waals surface area contributed by atoms with Gasteiger partial charge in [0.2, 0.25) is 11.8 Å². The predicted octanol–water partition coefficient (Wildman–Crippen LogP) is 5.80. The molecule has 0 spiro atoms. The van der Waals surface area contributed by atoms with Gasteiger partial charge in [0.05, 0.1) is 6.54 Å². The van der Waals surface area contributed by atoms with E-state index < -0.39 is 0 Å². The summed E-state index contributed by atoms with van der Waals surface area (Å²) in [6.45, 7) is 5.41. The number of aryl methyl sites for hydroxylation is 1. The molecular weight excluding hydrogens is 465 g/mol. The van der Waals surface area contributed by atoms with Crippen LogP contribution in [0.3, 0.4) is 0 Å².